The molecule has 0 unspecified atom stereocenters. The van der Waals surface area contributed by atoms with Gasteiger partial charge in [-0.2, -0.15) is 0 Å². The molecular formula is C14H22N2O. The Bertz CT molecular complexity index is 348. The fourth-order valence-electron chi connectivity index (χ4n) is 1.65. The Morgan fingerprint density at radius 2 is 1.88 bits per heavy atom. The standard InChI is InChI=1S/C14H22N2O/c1-4-16(14(17)13(15)11(2)3)10-12-8-6-5-7-9-12/h5-9,11,13H,4,10,15H2,1-3H3/t13-/m1/s1. The third kappa shape index (κ3) is 3.86. The fourth-order valence-corrected chi connectivity index (χ4v) is 1.65. The molecule has 2 N–H and O–H groups in total. The van der Waals surface area contributed by atoms with Crippen LogP contribution in [0.4, 0.5) is 0 Å². The second kappa shape index (κ2) is 6.40. The van der Waals surface area contributed by atoms with E-state index in [1.54, 1.807) is 4.90 Å². The van der Waals surface area contributed by atoms with Gasteiger partial charge in [-0.15, -0.1) is 0 Å². The zero-order valence-electron chi connectivity index (χ0n) is 10.9. The van der Waals surface area contributed by atoms with E-state index in [2.05, 4.69) is 0 Å². The van der Waals surface area contributed by atoms with Crippen molar-refractivity contribution in [2.24, 2.45) is 11.7 Å². The van der Waals surface area contributed by atoms with Crippen LogP contribution in [0, 0.1) is 5.92 Å². The van der Waals surface area contributed by atoms with Crippen LogP contribution in [0.15, 0.2) is 30.3 Å². The van der Waals surface area contributed by atoms with Crippen molar-refractivity contribution in [1.29, 1.82) is 0 Å². The lowest BCUT2D eigenvalue weighted by atomic mass is 10.0. The van der Waals surface area contributed by atoms with Crippen LogP contribution in [0.25, 0.3) is 0 Å². The van der Waals surface area contributed by atoms with Gasteiger partial charge in [0.1, 0.15) is 0 Å². The van der Waals surface area contributed by atoms with E-state index in [1.165, 1.54) is 0 Å². The average molecular weight is 234 g/mol. The first-order valence-electron chi connectivity index (χ1n) is 6.14. The predicted molar refractivity (Wildman–Crippen MR) is 70.3 cm³/mol. The van der Waals surface area contributed by atoms with Gasteiger partial charge in [0.25, 0.3) is 0 Å². The molecule has 1 aromatic carbocycles. The summed E-state index contributed by atoms with van der Waals surface area (Å²) in [6, 6.07) is 9.58. The summed E-state index contributed by atoms with van der Waals surface area (Å²) in [6.07, 6.45) is 0. The number of carbonyl (C=O) groups excluding carboxylic acids is 1. The van der Waals surface area contributed by atoms with Crippen molar-refractivity contribution in [2.75, 3.05) is 6.54 Å². The van der Waals surface area contributed by atoms with E-state index in [0.717, 1.165) is 5.56 Å². The van der Waals surface area contributed by atoms with Gasteiger partial charge in [0, 0.05) is 13.1 Å². The van der Waals surface area contributed by atoms with Crippen LogP contribution in [0.2, 0.25) is 0 Å². The molecular weight excluding hydrogens is 212 g/mol. The van der Waals surface area contributed by atoms with Gasteiger partial charge < -0.3 is 10.6 Å². The molecule has 0 spiro atoms. The monoisotopic (exact) mass is 234 g/mol. The van der Waals surface area contributed by atoms with Gasteiger partial charge in [-0.25, -0.2) is 0 Å². The lowest BCUT2D eigenvalue weighted by molar-refractivity contribution is -0.134. The van der Waals surface area contributed by atoms with E-state index in [4.69, 9.17) is 5.73 Å². The van der Waals surface area contributed by atoms with Gasteiger partial charge in [0.2, 0.25) is 5.91 Å². The van der Waals surface area contributed by atoms with Crippen LogP contribution in [0.5, 0.6) is 0 Å². The maximum Gasteiger partial charge on any atom is 0.240 e. The molecule has 3 nitrogen and oxygen atoms in total. The molecule has 1 amide bonds. The molecule has 0 saturated heterocycles. The SMILES string of the molecule is CCN(Cc1ccccc1)C(=O)[C@H](N)C(C)C. The lowest BCUT2D eigenvalue weighted by Crippen LogP contribution is -2.46. The third-order valence-electron chi connectivity index (χ3n) is 2.91. The number of rotatable bonds is 5. The summed E-state index contributed by atoms with van der Waals surface area (Å²) in [5.41, 5.74) is 7.04. The lowest BCUT2D eigenvalue weighted by Gasteiger charge is -2.26. The summed E-state index contributed by atoms with van der Waals surface area (Å²) < 4.78 is 0. The molecule has 0 aliphatic rings. The number of nitrogens with two attached hydrogens (primary N) is 1. The topological polar surface area (TPSA) is 46.3 Å². The average Bonchev–Trinajstić information content (AvgIpc) is 2.35. The molecule has 0 aliphatic carbocycles. The summed E-state index contributed by atoms with van der Waals surface area (Å²) in [5.74, 6) is 0.207. The third-order valence-corrected chi connectivity index (χ3v) is 2.91. The Labute approximate surface area is 104 Å². The highest BCUT2D eigenvalue weighted by Crippen LogP contribution is 2.08. The molecule has 0 radical (unpaired) electrons. The van der Waals surface area contributed by atoms with Crippen molar-refractivity contribution in [3.05, 3.63) is 35.9 Å². The molecule has 1 rings (SSSR count). The minimum atomic E-state index is -0.404. The maximum absolute atomic E-state index is 12.1. The van der Waals surface area contributed by atoms with Crippen LogP contribution in [0.1, 0.15) is 26.3 Å². The van der Waals surface area contributed by atoms with Crippen molar-refractivity contribution in [1.82, 2.24) is 4.90 Å². The minimum Gasteiger partial charge on any atom is -0.337 e. The van der Waals surface area contributed by atoms with E-state index in [9.17, 15) is 4.79 Å². The Morgan fingerprint density at radius 1 is 1.29 bits per heavy atom. The van der Waals surface area contributed by atoms with E-state index >= 15 is 0 Å². The highest BCUT2D eigenvalue weighted by molar-refractivity contribution is 5.81. The molecule has 0 fully saturated rings. The van der Waals surface area contributed by atoms with Gasteiger partial charge in [-0.1, -0.05) is 44.2 Å². The highest BCUT2D eigenvalue weighted by Gasteiger charge is 2.22. The number of hydrogen-bond acceptors (Lipinski definition) is 2. The number of hydrogen-bond donors (Lipinski definition) is 1. The van der Waals surface area contributed by atoms with Gasteiger partial charge in [0.15, 0.2) is 0 Å². The number of benzene rings is 1. The van der Waals surface area contributed by atoms with Gasteiger partial charge in [0.05, 0.1) is 6.04 Å². The molecule has 17 heavy (non-hydrogen) atoms. The molecule has 3 heteroatoms. The molecule has 0 aliphatic heterocycles. The normalized spacial score (nSPS) is 12.5. The van der Waals surface area contributed by atoms with Crippen molar-refractivity contribution in [3.63, 3.8) is 0 Å². The first-order chi connectivity index (χ1) is 8.06. The Kier molecular flexibility index (Phi) is 5.16. The first-order valence-corrected chi connectivity index (χ1v) is 6.14. The van der Waals surface area contributed by atoms with Crippen LogP contribution < -0.4 is 5.73 Å². The van der Waals surface area contributed by atoms with E-state index in [-0.39, 0.29) is 11.8 Å². The van der Waals surface area contributed by atoms with Gasteiger partial charge in [-0.05, 0) is 18.4 Å². The number of carbonyl (C=O) groups is 1. The molecule has 94 valence electrons. The highest BCUT2D eigenvalue weighted by atomic mass is 16.2. The zero-order chi connectivity index (χ0) is 12.8. The molecule has 0 aromatic heterocycles. The largest absolute Gasteiger partial charge is 0.337 e. The summed E-state index contributed by atoms with van der Waals surface area (Å²) >= 11 is 0. The number of nitrogens with zero attached hydrogens (tertiary/aromatic N) is 1. The summed E-state index contributed by atoms with van der Waals surface area (Å²) in [6.45, 7) is 7.25. The van der Waals surface area contributed by atoms with E-state index < -0.39 is 6.04 Å². The maximum atomic E-state index is 12.1. The van der Waals surface area contributed by atoms with Gasteiger partial charge >= 0.3 is 0 Å². The number of amides is 1. The quantitative estimate of drug-likeness (QED) is 0.847. The fraction of sp³-hybridized carbons (Fsp3) is 0.500. The van der Waals surface area contributed by atoms with E-state index in [1.807, 2.05) is 51.1 Å². The molecule has 1 atom stereocenters. The Hall–Kier alpha value is -1.35. The van der Waals surface area contributed by atoms with Gasteiger partial charge in [-0.3, -0.25) is 4.79 Å². The summed E-state index contributed by atoms with van der Waals surface area (Å²) in [4.78, 5) is 13.9. The van der Waals surface area contributed by atoms with Crippen molar-refractivity contribution >= 4 is 5.91 Å². The summed E-state index contributed by atoms with van der Waals surface area (Å²) in [7, 11) is 0. The van der Waals surface area contributed by atoms with Crippen molar-refractivity contribution in [2.45, 2.75) is 33.4 Å². The first kappa shape index (κ1) is 13.7. The van der Waals surface area contributed by atoms with Crippen LogP contribution in [-0.4, -0.2) is 23.4 Å². The molecule has 0 heterocycles. The number of likely N-dealkylation sites (N-methyl/N-ethyl adjacent to an activating group) is 1. The minimum absolute atomic E-state index is 0.0337. The molecule has 1 aromatic rings. The molecule has 0 bridgehead atoms. The smallest absolute Gasteiger partial charge is 0.240 e. The van der Waals surface area contributed by atoms with Crippen LogP contribution in [-0.2, 0) is 11.3 Å². The van der Waals surface area contributed by atoms with Crippen LogP contribution >= 0.6 is 0 Å². The Morgan fingerprint density at radius 3 is 2.35 bits per heavy atom. The van der Waals surface area contributed by atoms with Crippen molar-refractivity contribution < 1.29 is 4.79 Å². The predicted octanol–water partition coefficient (Wildman–Crippen LogP) is 2.02. The van der Waals surface area contributed by atoms with Crippen molar-refractivity contribution in [3.8, 4) is 0 Å². The van der Waals surface area contributed by atoms with E-state index in [0.29, 0.717) is 13.1 Å². The Balaban J connectivity index is 2.69. The second-order valence-corrected chi connectivity index (χ2v) is 4.61. The van der Waals surface area contributed by atoms with Crippen LogP contribution in [0.3, 0.4) is 0 Å². The zero-order valence-corrected chi connectivity index (χ0v) is 10.9. The summed E-state index contributed by atoms with van der Waals surface area (Å²) in [5, 5.41) is 0. The molecule has 0 saturated carbocycles. The second-order valence-electron chi connectivity index (χ2n) is 4.61.